The van der Waals surface area contributed by atoms with Gasteiger partial charge < -0.3 is 19.4 Å². The van der Waals surface area contributed by atoms with E-state index in [2.05, 4.69) is 5.32 Å². The summed E-state index contributed by atoms with van der Waals surface area (Å²) < 4.78 is 10.6. The number of nitrogens with zero attached hydrogens (tertiary/aromatic N) is 1. The monoisotopic (exact) mass is 428 g/mol. The van der Waals surface area contributed by atoms with E-state index in [4.69, 9.17) is 9.15 Å². The first kappa shape index (κ1) is 21.6. The van der Waals surface area contributed by atoms with Crippen molar-refractivity contribution in [2.45, 2.75) is 26.8 Å². The Morgan fingerprint density at radius 2 is 2.07 bits per heavy atom. The second kappa shape index (κ2) is 10.1. The number of nitrogens with one attached hydrogen (secondary N) is 1. The molecule has 30 heavy (non-hydrogen) atoms. The number of amides is 2. The Kier molecular flexibility index (Phi) is 7.24. The molecule has 7 nitrogen and oxygen atoms in total. The van der Waals surface area contributed by atoms with Crippen LogP contribution < -0.4 is 5.32 Å². The number of furan rings is 1. The van der Waals surface area contributed by atoms with Crippen molar-refractivity contribution in [1.29, 1.82) is 0 Å². The predicted octanol–water partition coefficient (Wildman–Crippen LogP) is 3.05. The number of thiophene rings is 1. The van der Waals surface area contributed by atoms with Gasteiger partial charge in [-0.05, 0) is 36.9 Å². The van der Waals surface area contributed by atoms with E-state index in [1.165, 1.54) is 11.2 Å². The van der Waals surface area contributed by atoms with Crippen LogP contribution in [0.15, 0.2) is 46.4 Å². The fourth-order valence-electron chi connectivity index (χ4n) is 2.97. The minimum absolute atomic E-state index is 0.0107. The van der Waals surface area contributed by atoms with Crippen LogP contribution >= 0.6 is 11.3 Å². The lowest BCUT2D eigenvalue weighted by Crippen LogP contribution is -2.42. The minimum Gasteiger partial charge on any atom is -0.464 e. The number of hydrogen-bond donors (Lipinski definition) is 1. The molecule has 3 aromatic rings. The third-order valence-electron chi connectivity index (χ3n) is 4.61. The van der Waals surface area contributed by atoms with Crippen molar-refractivity contribution < 1.29 is 23.5 Å². The number of likely N-dealkylation sites (N-methyl/N-ethyl adjacent to an activating group) is 1. The van der Waals surface area contributed by atoms with Crippen LogP contribution in [0.4, 0.5) is 0 Å². The van der Waals surface area contributed by atoms with E-state index in [0.717, 1.165) is 15.8 Å². The number of fused-ring (bicyclic) bond motifs is 1. The van der Waals surface area contributed by atoms with Gasteiger partial charge in [-0.1, -0.05) is 18.2 Å². The Labute approximate surface area is 178 Å². The van der Waals surface area contributed by atoms with Gasteiger partial charge >= 0.3 is 5.97 Å². The molecule has 8 heteroatoms. The molecule has 0 aliphatic heterocycles. The Hall–Kier alpha value is -3.13. The SMILES string of the molecule is CCN(CC(=O)NCc1cccs1)C(=O)COC(=O)Cc1coc2cc(C)ccc12. The Morgan fingerprint density at radius 1 is 1.23 bits per heavy atom. The van der Waals surface area contributed by atoms with Crippen LogP contribution in [-0.2, 0) is 32.1 Å². The molecular formula is C22H24N2O5S. The maximum atomic E-state index is 12.4. The highest BCUT2D eigenvalue weighted by molar-refractivity contribution is 7.09. The van der Waals surface area contributed by atoms with Gasteiger partial charge in [0.1, 0.15) is 5.58 Å². The molecule has 2 amide bonds. The second-order valence-corrected chi connectivity index (χ2v) is 7.89. The predicted molar refractivity (Wildman–Crippen MR) is 114 cm³/mol. The molecule has 0 atom stereocenters. The number of hydrogen-bond acceptors (Lipinski definition) is 6. The number of carbonyl (C=O) groups excluding carboxylic acids is 3. The van der Waals surface area contributed by atoms with E-state index >= 15 is 0 Å². The van der Waals surface area contributed by atoms with Crippen LogP contribution in [0.25, 0.3) is 11.0 Å². The molecule has 0 aliphatic carbocycles. The van der Waals surface area contributed by atoms with Crippen molar-refractivity contribution in [3.8, 4) is 0 Å². The first-order valence-corrected chi connectivity index (χ1v) is 10.5. The third kappa shape index (κ3) is 5.70. The normalized spacial score (nSPS) is 10.7. The van der Waals surface area contributed by atoms with Gasteiger partial charge in [0.15, 0.2) is 6.61 Å². The van der Waals surface area contributed by atoms with Gasteiger partial charge in [-0.3, -0.25) is 14.4 Å². The second-order valence-electron chi connectivity index (χ2n) is 6.86. The fourth-order valence-corrected chi connectivity index (χ4v) is 3.62. The van der Waals surface area contributed by atoms with Crippen molar-refractivity contribution >= 4 is 40.1 Å². The highest BCUT2D eigenvalue weighted by atomic mass is 32.1. The number of esters is 1. The van der Waals surface area contributed by atoms with Crippen LogP contribution in [0.5, 0.6) is 0 Å². The van der Waals surface area contributed by atoms with E-state index in [1.807, 2.05) is 42.6 Å². The minimum atomic E-state index is -0.523. The average molecular weight is 429 g/mol. The quantitative estimate of drug-likeness (QED) is 0.529. The van der Waals surface area contributed by atoms with Gasteiger partial charge in [-0.15, -0.1) is 11.3 Å². The van der Waals surface area contributed by atoms with E-state index in [0.29, 0.717) is 24.2 Å². The van der Waals surface area contributed by atoms with Gasteiger partial charge in [0.05, 0.1) is 25.8 Å². The van der Waals surface area contributed by atoms with Crippen LogP contribution in [0, 0.1) is 6.92 Å². The maximum absolute atomic E-state index is 12.4. The first-order valence-electron chi connectivity index (χ1n) is 9.65. The zero-order valence-corrected chi connectivity index (χ0v) is 17.8. The van der Waals surface area contributed by atoms with Crippen molar-refractivity contribution in [3.05, 3.63) is 58.0 Å². The molecule has 0 aliphatic rings. The van der Waals surface area contributed by atoms with E-state index in [9.17, 15) is 14.4 Å². The molecule has 0 spiro atoms. The van der Waals surface area contributed by atoms with Crippen molar-refractivity contribution in [2.75, 3.05) is 19.7 Å². The van der Waals surface area contributed by atoms with E-state index in [1.54, 1.807) is 18.3 Å². The van der Waals surface area contributed by atoms with Crippen LogP contribution in [0.1, 0.15) is 22.9 Å². The number of ether oxygens (including phenoxy) is 1. The highest BCUT2D eigenvalue weighted by Gasteiger charge is 2.18. The Bertz CT molecular complexity index is 1030. The molecule has 0 unspecified atom stereocenters. The van der Waals surface area contributed by atoms with Crippen molar-refractivity contribution in [1.82, 2.24) is 10.2 Å². The lowest BCUT2D eigenvalue weighted by Gasteiger charge is -2.20. The summed E-state index contributed by atoms with van der Waals surface area (Å²) in [5.74, 6) is -1.19. The molecule has 0 bridgehead atoms. The lowest BCUT2D eigenvalue weighted by molar-refractivity contribution is -0.152. The van der Waals surface area contributed by atoms with E-state index < -0.39 is 18.5 Å². The number of carbonyl (C=O) groups is 3. The number of aryl methyl sites for hydroxylation is 1. The molecule has 2 aromatic heterocycles. The summed E-state index contributed by atoms with van der Waals surface area (Å²) in [5.41, 5.74) is 2.48. The van der Waals surface area contributed by atoms with Crippen LogP contribution in [0.2, 0.25) is 0 Å². The summed E-state index contributed by atoms with van der Waals surface area (Å²) in [6.07, 6.45) is 1.54. The van der Waals surface area contributed by atoms with Crippen LogP contribution in [-0.4, -0.2) is 42.4 Å². The molecule has 158 valence electrons. The van der Waals surface area contributed by atoms with Gasteiger partial charge in [0.2, 0.25) is 5.91 Å². The molecule has 3 rings (SSSR count). The summed E-state index contributed by atoms with van der Waals surface area (Å²) in [6, 6.07) is 9.58. The first-order chi connectivity index (χ1) is 14.5. The summed E-state index contributed by atoms with van der Waals surface area (Å²) in [6.45, 7) is 4.02. The topological polar surface area (TPSA) is 88.9 Å². The zero-order chi connectivity index (χ0) is 21.5. The Balaban J connectivity index is 1.46. The number of benzene rings is 1. The standard InChI is InChI=1S/C22H24N2O5S/c1-3-24(12-20(25)23-11-17-5-4-8-30-17)21(26)14-29-22(27)10-16-13-28-19-9-15(2)6-7-18(16)19/h4-9,13H,3,10-12,14H2,1-2H3,(H,23,25). The summed E-state index contributed by atoms with van der Waals surface area (Å²) in [4.78, 5) is 39.0. The van der Waals surface area contributed by atoms with Gasteiger partial charge in [-0.25, -0.2) is 0 Å². The van der Waals surface area contributed by atoms with Gasteiger partial charge in [0, 0.05) is 22.4 Å². The van der Waals surface area contributed by atoms with Gasteiger partial charge in [-0.2, -0.15) is 0 Å². The smallest absolute Gasteiger partial charge is 0.310 e. The van der Waals surface area contributed by atoms with Gasteiger partial charge in [0.25, 0.3) is 5.91 Å². The molecular weight excluding hydrogens is 404 g/mol. The third-order valence-corrected chi connectivity index (χ3v) is 5.49. The largest absolute Gasteiger partial charge is 0.464 e. The summed E-state index contributed by atoms with van der Waals surface area (Å²) in [5, 5.41) is 5.56. The Morgan fingerprint density at radius 3 is 2.80 bits per heavy atom. The van der Waals surface area contributed by atoms with Crippen molar-refractivity contribution in [3.63, 3.8) is 0 Å². The van der Waals surface area contributed by atoms with E-state index in [-0.39, 0.29) is 18.9 Å². The molecule has 0 saturated carbocycles. The lowest BCUT2D eigenvalue weighted by atomic mass is 10.1. The molecule has 0 fully saturated rings. The summed E-state index contributed by atoms with van der Waals surface area (Å²) >= 11 is 1.55. The molecule has 2 heterocycles. The fraction of sp³-hybridized carbons (Fsp3) is 0.318. The molecule has 0 saturated heterocycles. The highest BCUT2D eigenvalue weighted by Crippen LogP contribution is 2.22. The molecule has 1 N–H and O–H groups in total. The zero-order valence-electron chi connectivity index (χ0n) is 17.0. The maximum Gasteiger partial charge on any atom is 0.310 e. The molecule has 1 aromatic carbocycles. The average Bonchev–Trinajstić information content (AvgIpc) is 3.38. The van der Waals surface area contributed by atoms with Crippen LogP contribution in [0.3, 0.4) is 0 Å². The summed E-state index contributed by atoms with van der Waals surface area (Å²) in [7, 11) is 0. The number of rotatable bonds is 9. The van der Waals surface area contributed by atoms with Crippen molar-refractivity contribution in [2.24, 2.45) is 0 Å². The molecule has 0 radical (unpaired) electrons.